The molecule has 3 aliphatic heterocycles. The molecule has 0 aliphatic carbocycles. The van der Waals surface area contributed by atoms with Crippen molar-refractivity contribution in [2.75, 3.05) is 19.6 Å². The number of aryl methyl sites for hydroxylation is 6. The van der Waals surface area contributed by atoms with E-state index in [4.69, 9.17) is 0 Å². The Morgan fingerprint density at radius 1 is 0.509 bits per heavy atom. The van der Waals surface area contributed by atoms with Crippen molar-refractivity contribution < 1.29 is 81.6 Å². The van der Waals surface area contributed by atoms with E-state index in [0.717, 1.165) is 61.8 Å². The van der Waals surface area contributed by atoms with Crippen LogP contribution in [-0.4, -0.2) is 142 Å². The molecule has 581 valence electrons. The van der Waals surface area contributed by atoms with Crippen LogP contribution in [0.25, 0.3) is 31.3 Å². The van der Waals surface area contributed by atoms with Gasteiger partial charge in [-0.15, -0.1) is 39.6 Å². The molecule has 3 fully saturated rings. The van der Waals surface area contributed by atoms with Crippen LogP contribution in [0.4, 0.5) is 0 Å². The Kier molecular flexibility index (Phi) is 36.5. The third kappa shape index (κ3) is 29.5. The van der Waals surface area contributed by atoms with Gasteiger partial charge >= 0.3 is 0 Å². The zero-order valence-electron chi connectivity index (χ0n) is 67.9. The van der Waals surface area contributed by atoms with Gasteiger partial charge in [-0.1, -0.05) is 159 Å². The summed E-state index contributed by atoms with van der Waals surface area (Å²) < 4.78 is 0. The van der Waals surface area contributed by atoms with Gasteiger partial charge in [0.15, 0.2) is 17.3 Å². The molecular formula is C86H124N6O10S3Y-2. The number of nitrogens with zero attached hydrogens (tertiary/aromatic N) is 6. The second-order valence-corrected chi connectivity index (χ2v) is 37.5. The van der Waals surface area contributed by atoms with Gasteiger partial charge in [-0.05, 0) is 103 Å². The van der Waals surface area contributed by atoms with E-state index in [-0.39, 0.29) is 141 Å². The zero-order chi connectivity index (χ0) is 78.8. The molecule has 3 saturated heterocycles. The number of β-amino-alcohol motifs (C(OH)–C–C–N with tert-alkyl or cyclic N) is 3. The van der Waals surface area contributed by atoms with Gasteiger partial charge in [0.05, 0.1) is 74.1 Å². The fourth-order valence-electron chi connectivity index (χ4n) is 12.9. The minimum atomic E-state index is -0.727. The smallest absolute Gasteiger partial charge is 0.227 e. The van der Waals surface area contributed by atoms with E-state index in [9.17, 15) is 48.9 Å². The minimum absolute atomic E-state index is 0. The molecule has 3 aromatic heterocycles. The molecule has 3 aliphatic rings. The Morgan fingerprint density at radius 2 is 0.830 bits per heavy atom. The van der Waals surface area contributed by atoms with E-state index >= 15 is 0 Å². The van der Waals surface area contributed by atoms with E-state index in [0.29, 0.717) is 50.4 Å². The van der Waals surface area contributed by atoms with Crippen molar-refractivity contribution in [2.24, 2.45) is 45.3 Å². The normalized spacial score (nSPS) is 18.9. The summed E-state index contributed by atoms with van der Waals surface area (Å²) in [5.74, 6) is 0.454. The number of carbonyl (C=O) groups excluding carboxylic acids is 7. The molecule has 3 unspecified atom stereocenters. The van der Waals surface area contributed by atoms with Crippen LogP contribution >= 0.6 is 34.0 Å². The topological polar surface area (TPSA) is 229 Å². The number of rotatable bonds is 22. The molecule has 0 bridgehead atoms. The third-order valence-electron chi connectivity index (χ3n) is 19.0. The predicted molar refractivity (Wildman–Crippen MR) is 429 cm³/mol. The van der Waals surface area contributed by atoms with Crippen molar-refractivity contribution in [3.63, 3.8) is 0 Å². The molecule has 6 heterocycles. The fourth-order valence-corrected chi connectivity index (χ4v) is 15.3. The number of hydrogen-bond acceptors (Lipinski definition) is 16. The van der Waals surface area contributed by atoms with Crippen LogP contribution in [0.5, 0.6) is 0 Å². The van der Waals surface area contributed by atoms with Gasteiger partial charge in [0.2, 0.25) is 17.7 Å². The molecule has 6 aromatic rings. The average molecular weight is 1590 g/mol. The van der Waals surface area contributed by atoms with Crippen molar-refractivity contribution in [3.05, 3.63) is 129 Å². The Labute approximate surface area is 672 Å². The van der Waals surface area contributed by atoms with Crippen LogP contribution in [0, 0.1) is 78.1 Å². The van der Waals surface area contributed by atoms with E-state index < -0.39 is 47.8 Å². The minimum Gasteiger partial charge on any atom is -0.391 e. The Hall–Kier alpha value is -5.38. The van der Waals surface area contributed by atoms with E-state index in [1.54, 1.807) is 43.8 Å². The number of likely N-dealkylation sites (tertiary alicyclic amines) is 3. The Bertz CT molecular complexity index is 3770. The van der Waals surface area contributed by atoms with Crippen LogP contribution in [0.1, 0.15) is 224 Å². The number of benzene rings is 3. The molecular weight excluding hydrogens is 1460 g/mol. The molecule has 9 atom stereocenters. The number of thiazole rings is 3. The first-order chi connectivity index (χ1) is 48.7. The first-order valence-electron chi connectivity index (χ1n) is 37.4. The van der Waals surface area contributed by atoms with Crippen molar-refractivity contribution >= 4 is 74.9 Å². The van der Waals surface area contributed by atoms with Gasteiger partial charge in [-0.3, -0.25) is 33.8 Å². The summed E-state index contributed by atoms with van der Waals surface area (Å²) >= 11 is 4.84. The average Bonchev–Trinajstić information content (AvgIpc) is 1.67. The standard InChI is InChI=1S/C28H40N2O3S.C26H33N2O4S.C23H30N2O3S.C5H12.C4H9.Y/c1-18-25(34-17-29-18)20-11-8-19(9-12-20)10-13-24(32)23-14-21(31)16-30(23)26(33)22(28(5,6)7)15-27(2,3)4;1-16(29)12-21(26(3,4)5)25(32)28-14-20(30)13-22(28)23(31)11-8-18-6-9-19(10-7-18)24-17(2)27-15-33-24;1-14(2)15(3)23(28)25-12-19(26)11-20(25)21(27)10-7-17-5-8-18(9-6-17)22-16(4)24-13-29-22;1-5(2,3)4;1-4(2)3;/h8-9,11-12,17,21-23,31H,10,13-16H2,1-7H3;6,9-10,15,20-22,30H,8,11-14H2,1-5H3;5-6,8-9,13-15,19-20,26H,7,10-12H2,1-4H3;1-4H3;1-3H3;/q;-1;;;-1;/t21-,22?,23+;20-,21?,22+;15?,19-,20+;;;/m111.../s1. The third-order valence-corrected chi connectivity index (χ3v) is 21.9. The molecule has 0 spiro atoms. The molecule has 1 radical (unpaired) electrons. The summed E-state index contributed by atoms with van der Waals surface area (Å²) in [6.07, 6.45) is 2.60. The maximum absolute atomic E-state index is 13.6. The quantitative estimate of drug-likeness (QED) is 0.0538. The molecule has 106 heavy (non-hydrogen) atoms. The summed E-state index contributed by atoms with van der Waals surface area (Å²) in [6.45, 7) is 47.5. The Balaban J connectivity index is 0.000000316. The molecule has 16 nitrogen and oxygen atoms in total. The van der Waals surface area contributed by atoms with Crippen molar-refractivity contribution in [1.29, 1.82) is 0 Å². The van der Waals surface area contributed by atoms with Gasteiger partial charge in [-0.25, -0.2) is 9.97 Å². The molecule has 3 N–H and O–H groups in total. The van der Waals surface area contributed by atoms with E-state index in [2.05, 4.69) is 160 Å². The monoisotopic (exact) mass is 1590 g/mol. The number of aromatic nitrogens is 3. The Morgan fingerprint density at radius 3 is 1.12 bits per heavy atom. The molecule has 0 saturated carbocycles. The summed E-state index contributed by atoms with van der Waals surface area (Å²) in [7, 11) is 0. The molecule has 3 amide bonds. The number of aliphatic hydroxyl groups is 3. The summed E-state index contributed by atoms with van der Waals surface area (Å²) in [6, 6.07) is 24.0. The van der Waals surface area contributed by atoms with Crippen LogP contribution in [0.15, 0.2) is 83.3 Å². The number of aliphatic hydroxyl groups excluding tert-OH is 3. The first kappa shape index (κ1) is 93.0. The second kappa shape index (κ2) is 41.6. The molecule has 20 heteroatoms. The van der Waals surface area contributed by atoms with Gasteiger partial charge in [0.1, 0.15) is 5.78 Å². The van der Waals surface area contributed by atoms with Crippen LogP contribution in [-0.2, 0) is 85.5 Å². The van der Waals surface area contributed by atoms with Crippen molar-refractivity contribution in [2.45, 2.75) is 266 Å². The van der Waals surface area contributed by atoms with Crippen molar-refractivity contribution in [3.8, 4) is 31.3 Å². The van der Waals surface area contributed by atoms with Crippen LogP contribution < -0.4 is 0 Å². The largest absolute Gasteiger partial charge is 0.391 e. The van der Waals surface area contributed by atoms with Gasteiger partial charge in [-0.2, -0.15) is 50.6 Å². The predicted octanol–water partition coefficient (Wildman–Crippen LogP) is 17.2. The molecule has 9 rings (SSSR count). The summed E-state index contributed by atoms with van der Waals surface area (Å²) in [4.78, 5) is 112. The first-order valence-corrected chi connectivity index (χ1v) is 40.1. The second-order valence-electron chi connectivity index (χ2n) is 34.9. The number of ketones is 4. The SMILES string of the molecule is CC(=O)CC(C(=O)N1C[C@H](O)C[C@H]1C(=O)CCc1[c-]cc(-c2scnc2C)cc1)C(C)(C)C.CC(C)(C)C.C[C-](C)C.Cc1ncsc1-c1ccc(CCC(=O)[C@@H]2C[C@@H](O)CN2C(=O)C(C)C(C)C)cc1.Cc1ncsc1-c1ccc(CCC(=O)[C@@H]2C[C@@H](O)CN2C(=O)C(CC(C)(C)C)C(C)(C)C)cc1.[Y]. The number of carbonyl (C=O) groups is 7. The number of amides is 3. The maximum Gasteiger partial charge on any atom is 0.227 e. The zero-order valence-corrected chi connectivity index (χ0v) is 73.2. The number of Topliss-reactive ketones (excluding diaryl/α,β-unsaturated/α-hetero) is 4. The van der Waals surface area contributed by atoms with E-state index in [1.165, 1.54) is 27.5 Å². The van der Waals surface area contributed by atoms with Crippen LogP contribution in [0.2, 0.25) is 0 Å². The summed E-state index contributed by atoms with van der Waals surface area (Å²) in [5, 5.41) is 30.7. The fraction of sp³-hybridized carbons (Fsp3) is 0.593. The number of hydrogen-bond donors (Lipinski definition) is 3. The van der Waals surface area contributed by atoms with E-state index in [1.807, 2.05) is 97.0 Å². The van der Waals surface area contributed by atoms with Gasteiger partial charge in [0, 0.05) is 126 Å². The van der Waals surface area contributed by atoms with Crippen molar-refractivity contribution in [1.82, 2.24) is 29.7 Å². The summed E-state index contributed by atoms with van der Waals surface area (Å²) in [5.41, 5.74) is 14.9. The van der Waals surface area contributed by atoms with Crippen LogP contribution in [0.3, 0.4) is 0 Å². The van der Waals surface area contributed by atoms with Gasteiger partial charge < -0.3 is 40.7 Å². The van der Waals surface area contributed by atoms with Gasteiger partial charge in [0.25, 0.3) is 0 Å². The molecule has 3 aromatic carbocycles. The maximum atomic E-state index is 13.6.